The number of rotatable bonds is 6. The zero-order valence-corrected chi connectivity index (χ0v) is 20.0. The topological polar surface area (TPSA) is 112 Å². The van der Waals surface area contributed by atoms with Crippen LogP contribution in [0.4, 0.5) is 14.6 Å². The molecule has 1 amide bonds. The van der Waals surface area contributed by atoms with Crippen LogP contribution in [0.25, 0.3) is 10.9 Å². The third kappa shape index (κ3) is 4.26. The van der Waals surface area contributed by atoms with Gasteiger partial charge in [0.15, 0.2) is 5.82 Å². The summed E-state index contributed by atoms with van der Waals surface area (Å²) in [6, 6.07) is 7.56. The van der Waals surface area contributed by atoms with Crippen LogP contribution in [0, 0.1) is 0 Å². The Kier molecular flexibility index (Phi) is 6.09. The minimum atomic E-state index is -2.62. The number of aromatic nitrogens is 5. The average molecular weight is 494 g/mol. The van der Waals surface area contributed by atoms with E-state index in [-0.39, 0.29) is 24.1 Å². The Labute approximate surface area is 205 Å². The molecule has 186 valence electrons. The van der Waals surface area contributed by atoms with Gasteiger partial charge >= 0.3 is 0 Å². The number of hydrogen-bond donors (Lipinski definition) is 1. The van der Waals surface area contributed by atoms with Crippen molar-refractivity contribution in [3.05, 3.63) is 76.6 Å². The first-order valence-electron chi connectivity index (χ1n) is 11.5. The largest absolute Gasteiger partial charge is 0.383 e. The van der Waals surface area contributed by atoms with Crippen LogP contribution < -0.4 is 5.73 Å². The lowest BCUT2D eigenvalue weighted by Gasteiger charge is -2.27. The molecule has 0 unspecified atom stereocenters. The first-order valence-corrected chi connectivity index (χ1v) is 11.5. The van der Waals surface area contributed by atoms with Crippen molar-refractivity contribution in [1.29, 1.82) is 0 Å². The highest BCUT2D eigenvalue weighted by Crippen LogP contribution is 2.38. The summed E-state index contributed by atoms with van der Waals surface area (Å²) < 4.78 is 33.3. The van der Waals surface area contributed by atoms with Crippen LogP contribution in [0.5, 0.6) is 0 Å². The van der Waals surface area contributed by atoms with E-state index in [0.717, 1.165) is 22.7 Å². The molecule has 0 fully saturated rings. The monoisotopic (exact) mass is 493 g/mol. The molecule has 4 heterocycles. The van der Waals surface area contributed by atoms with Crippen LogP contribution >= 0.6 is 0 Å². The number of nitrogens with two attached hydrogens (primary N) is 1. The second-order valence-electron chi connectivity index (χ2n) is 8.84. The molecule has 9 nitrogen and oxygen atoms in total. The standard InChI is InChI=1S/C25H25F2N7O2/c1-13(24-30-12-33(3)32-24)34(10-17-6-4-16(9-29-17)22(26)27)25(35)15-5-7-20-18(8-15)19-11-36-14(2)21(19)23(28)31-20/h4-9,12-14,22H,10-11H2,1-3H3,(H2,28,31)/t13-,14-/m1/s1. The summed E-state index contributed by atoms with van der Waals surface area (Å²) in [4.78, 5) is 28.4. The van der Waals surface area contributed by atoms with Gasteiger partial charge in [-0.05, 0) is 49.7 Å². The molecule has 2 atom stereocenters. The molecular weight excluding hydrogens is 468 g/mol. The molecule has 4 aromatic rings. The molecule has 36 heavy (non-hydrogen) atoms. The summed E-state index contributed by atoms with van der Waals surface area (Å²) >= 11 is 0. The normalized spacial score (nSPS) is 15.9. The van der Waals surface area contributed by atoms with Gasteiger partial charge in [-0.1, -0.05) is 0 Å². The maximum absolute atomic E-state index is 13.9. The smallest absolute Gasteiger partial charge is 0.265 e. The maximum atomic E-state index is 13.9. The molecular formula is C25H25F2N7O2. The summed E-state index contributed by atoms with van der Waals surface area (Å²) in [7, 11) is 1.74. The van der Waals surface area contributed by atoms with Gasteiger partial charge in [-0.3, -0.25) is 14.5 Å². The van der Waals surface area contributed by atoms with Crippen molar-refractivity contribution >= 4 is 22.6 Å². The number of pyridine rings is 2. The number of anilines is 1. The van der Waals surface area contributed by atoms with E-state index < -0.39 is 12.5 Å². The zero-order valence-electron chi connectivity index (χ0n) is 20.0. The maximum Gasteiger partial charge on any atom is 0.265 e. The second-order valence-corrected chi connectivity index (χ2v) is 8.84. The van der Waals surface area contributed by atoms with Crippen molar-refractivity contribution in [2.24, 2.45) is 7.05 Å². The highest BCUT2D eigenvalue weighted by atomic mass is 19.3. The number of halogens is 2. The molecule has 0 saturated carbocycles. The summed E-state index contributed by atoms with van der Waals surface area (Å²) in [6.45, 7) is 4.20. The SMILES string of the molecule is C[C@H](c1ncn(C)n1)N(Cc1ccc(C(F)F)cn1)C(=O)c1ccc2nc(N)c3c(c2c1)CO[C@@H]3C. The van der Waals surface area contributed by atoms with Crippen LogP contribution in [0.3, 0.4) is 0 Å². The van der Waals surface area contributed by atoms with Crippen LogP contribution in [-0.2, 0) is 24.9 Å². The van der Waals surface area contributed by atoms with Gasteiger partial charge in [-0.25, -0.2) is 18.7 Å². The van der Waals surface area contributed by atoms with E-state index in [1.807, 2.05) is 13.8 Å². The van der Waals surface area contributed by atoms with E-state index >= 15 is 0 Å². The quantitative estimate of drug-likeness (QED) is 0.427. The lowest BCUT2D eigenvalue weighted by molar-refractivity contribution is 0.0663. The highest BCUT2D eigenvalue weighted by Gasteiger charge is 2.29. The van der Waals surface area contributed by atoms with Crippen LogP contribution in [0.15, 0.2) is 42.9 Å². The number of fused-ring (bicyclic) bond motifs is 3. The van der Waals surface area contributed by atoms with Gasteiger partial charge in [0.1, 0.15) is 12.1 Å². The van der Waals surface area contributed by atoms with E-state index in [1.54, 1.807) is 41.2 Å². The lowest BCUT2D eigenvalue weighted by Crippen LogP contribution is -2.34. The van der Waals surface area contributed by atoms with E-state index in [1.165, 1.54) is 12.1 Å². The summed E-state index contributed by atoms with van der Waals surface area (Å²) in [5.41, 5.74) is 9.33. The third-order valence-corrected chi connectivity index (χ3v) is 6.45. The number of aryl methyl sites for hydroxylation is 1. The number of nitrogen functional groups attached to an aromatic ring is 1. The van der Waals surface area contributed by atoms with Crippen molar-refractivity contribution in [2.45, 2.75) is 45.6 Å². The van der Waals surface area contributed by atoms with Gasteiger partial charge < -0.3 is 15.4 Å². The zero-order chi connectivity index (χ0) is 25.6. The second kappa shape index (κ2) is 9.23. The van der Waals surface area contributed by atoms with Crippen molar-refractivity contribution in [3.63, 3.8) is 0 Å². The fourth-order valence-electron chi connectivity index (χ4n) is 4.47. The highest BCUT2D eigenvalue weighted by molar-refractivity contribution is 5.99. The minimum absolute atomic E-state index is 0.0814. The van der Waals surface area contributed by atoms with Crippen molar-refractivity contribution < 1.29 is 18.3 Å². The predicted octanol–water partition coefficient (Wildman–Crippen LogP) is 4.27. The molecule has 1 aliphatic heterocycles. The summed E-state index contributed by atoms with van der Waals surface area (Å²) in [5, 5.41) is 5.16. The number of amides is 1. The molecule has 1 aromatic carbocycles. The molecule has 11 heteroatoms. The van der Waals surface area contributed by atoms with Gasteiger partial charge in [0.25, 0.3) is 12.3 Å². The molecule has 0 saturated heterocycles. The Balaban J connectivity index is 1.54. The van der Waals surface area contributed by atoms with Crippen molar-refractivity contribution in [3.8, 4) is 0 Å². The first kappa shape index (κ1) is 23.7. The summed E-state index contributed by atoms with van der Waals surface area (Å²) in [6.07, 6.45) is -0.108. The molecule has 0 bridgehead atoms. The van der Waals surface area contributed by atoms with Gasteiger partial charge in [0, 0.05) is 35.3 Å². The predicted molar refractivity (Wildman–Crippen MR) is 128 cm³/mol. The Morgan fingerprint density at radius 2 is 2.08 bits per heavy atom. The van der Waals surface area contributed by atoms with Crippen LogP contribution in [0.1, 0.15) is 71.0 Å². The molecule has 1 aliphatic rings. The number of alkyl halides is 2. The first-order chi connectivity index (χ1) is 17.2. The van der Waals surface area contributed by atoms with Gasteiger partial charge in [0.05, 0.1) is 36.5 Å². The number of benzene rings is 1. The Morgan fingerprint density at radius 3 is 2.75 bits per heavy atom. The Bertz CT molecular complexity index is 1440. The molecule has 3 aromatic heterocycles. The summed E-state index contributed by atoms with van der Waals surface area (Å²) in [5.74, 6) is 0.596. The van der Waals surface area contributed by atoms with Gasteiger partial charge in [-0.2, -0.15) is 5.10 Å². The molecule has 0 radical (unpaired) electrons. The molecule has 0 spiro atoms. The molecule has 0 aliphatic carbocycles. The number of carbonyl (C=O) groups is 1. The number of carbonyl (C=O) groups excluding carboxylic acids is 1. The Morgan fingerprint density at radius 1 is 1.28 bits per heavy atom. The van der Waals surface area contributed by atoms with Gasteiger partial charge in [-0.15, -0.1) is 0 Å². The van der Waals surface area contributed by atoms with Crippen molar-refractivity contribution in [2.75, 3.05) is 5.73 Å². The third-order valence-electron chi connectivity index (χ3n) is 6.45. The van der Waals surface area contributed by atoms with E-state index in [9.17, 15) is 13.6 Å². The fourth-order valence-corrected chi connectivity index (χ4v) is 4.47. The average Bonchev–Trinajstić information content (AvgIpc) is 3.48. The van der Waals surface area contributed by atoms with Crippen LogP contribution in [0.2, 0.25) is 0 Å². The molecule has 2 N–H and O–H groups in total. The van der Waals surface area contributed by atoms with Gasteiger partial charge in [0.2, 0.25) is 0 Å². The van der Waals surface area contributed by atoms with E-state index in [4.69, 9.17) is 10.5 Å². The van der Waals surface area contributed by atoms with Crippen LogP contribution in [-0.4, -0.2) is 35.5 Å². The van der Waals surface area contributed by atoms with E-state index in [2.05, 4.69) is 20.1 Å². The fraction of sp³-hybridized carbons (Fsp3) is 0.320. The molecule has 5 rings (SSSR count). The lowest BCUT2D eigenvalue weighted by atomic mass is 9.99. The minimum Gasteiger partial charge on any atom is -0.383 e. The number of ether oxygens (including phenoxy) is 1. The number of hydrogen-bond acceptors (Lipinski definition) is 7. The van der Waals surface area contributed by atoms with Crippen molar-refractivity contribution in [1.82, 2.24) is 29.6 Å². The number of nitrogens with zero attached hydrogens (tertiary/aromatic N) is 6. The Hall–Kier alpha value is -3.99. The van der Waals surface area contributed by atoms with E-state index in [0.29, 0.717) is 35.0 Å².